The fraction of sp³-hybridized carbons (Fsp3) is 0.500. The van der Waals surface area contributed by atoms with Gasteiger partial charge in [0.1, 0.15) is 0 Å². The standard InChI is InChI=1S/C16H24N4/c1-3-9-18-16(15-12-19-20(4-2)13-15)8-7-14-6-5-10-17-11-14/h5-6,10-13,16,18H,3-4,7-9H2,1-2H3. The van der Waals surface area contributed by atoms with E-state index >= 15 is 0 Å². The molecule has 2 rings (SSSR count). The number of nitrogens with one attached hydrogen (secondary N) is 1. The third kappa shape index (κ3) is 4.17. The first-order chi connectivity index (χ1) is 9.83. The van der Waals surface area contributed by atoms with Gasteiger partial charge in [-0.05, 0) is 44.4 Å². The van der Waals surface area contributed by atoms with Gasteiger partial charge >= 0.3 is 0 Å². The summed E-state index contributed by atoms with van der Waals surface area (Å²) in [6.07, 6.45) is 11.2. The third-order valence-corrected chi connectivity index (χ3v) is 3.46. The van der Waals surface area contributed by atoms with Crippen LogP contribution in [-0.4, -0.2) is 21.3 Å². The van der Waals surface area contributed by atoms with Crippen molar-refractivity contribution in [2.45, 2.75) is 45.7 Å². The normalized spacial score (nSPS) is 12.5. The van der Waals surface area contributed by atoms with E-state index in [1.165, 1.54) is 11.1 Å². The van der Waals surface area contributed by atoms with Gasteiger partial charge < -0.3 is 5.32 Å². The summed E-state index contributed by atoms with van der Waals surface area (Å²) in [7, 11) is 0. The van der Waals surface area contributed by atoms with Gasteiger partial charge in [-0.2, -0.15) is 5.10 Å². The van der Waals surface area contributed by atoms with E-state index in [1.54, 1.807) is 0 Å². The van der Waals surface area contributed by atoms with Gasteiger partial charge in [-0.1, -0.05) is 13.0 Å². The summed E-state index contributed by atoms with van der Waals surface area (Å²) in [6.45, 7) is 6.26. The van der Waals surface area contributed by atoms with Crippen molar-refractivity contribution in [3.8, 4) is 0 Å². The van der Waals surface area contributed by atoms with Crippen molar-refractivity contribution in [1.29, 1.82) is 0 Å². The molecule has 1 unspecified atom stereocenters. The molecule has 0 aliphatic heterocycles. The molecule has 20 heavy (non-hydrogen) atoms. The van der Waals surface area contributed by atoms with E-state index < -0.39 is 0 Å². The Kier molecular flexibility index (Phi) is 5.74. The van der Waals surface area contributed by atoms with Crippen molar-refractivity contribution >= 4 is 0 Å². The summed E-state index contributed by atoms with van der Waals surface area (Å²) in [5.41, 5.74) is 2.57. The molecule has 0 aliphatic rings. The molecule has 1 atom stereocenters. The number of hydrogen-bond acceptors (Lipinski definition) is 3. The monoisotopic (exact) mass is 272 g/mol. The minimum Gasteiger partial charge on any atom is -0.310 e. The highest BCUT2D eigenvalue weighted by molar-refractivity contribution is 5.13. The van der Waals surface area contributed by atoms with Crippen molar-refractivity contribution in [2.24, 2.45) is 0 Å². The van der Waals surface area contributed by atoms with Crippen LogP contribution in [0, 0.1) is 0 Å². The van der Waals surface area contributed by atoms with Gasteiger partial charge in [0.05, 0.1) is 6.20 Å². The molecule has 0 aromatic carbocycles. The molecular formula is C16H24N4. The first-order valence-corrected chi connectivity index (χ1v) is 7.48. The SMILES string of the molecule is CCCNC(CCc1cccnc1)c1cnn(CC)c1. The van der Waals surface area contributed by atoms with E-state index in [-0.39, 0.29) is 0 Å². The summed E-state index contributed by atoms with van der Waals surface area (Å²) in [5.74, 6) is 0. The fourth-order valence-corrected chi connectivity index (χ4v) is 2.29. The molecular weight excluding hydrogens is 248 g/mol. The van der Waals surface area contributed by atoms with Crippen LogP contribution in [0.15, 0.2) is 36.9 Å². The summed E-state index contributed by atoms with van der Waals surface area (Å²) in [5, 5.41) is 8.00. The molecule has 2 aromatic rings. The molecule has 108 valence electrons. The molecule has 1 N–H and O–H groups in total. The minimum atomic E-state index is 0.371. The van der Waals surface area contributed by atoms with E-state index in [0.29, 0.717) is 6.04 Å². The van der Waals surface area contributed by atoms with Crippen LogP contribution in [0.2, 0.25) is 0 Å². The Morgan fingerprint density at radius 2 is 2.20 bits per heavy atom. The zero-order valence-electron chi connectivity index (χ0n) is 12.4. The Morgan fingerprint density at radius 1 is 1.30 bits per heavy atom. The fourth-order valence-electron chi connectivity index (χ4n) is 2.29. The highest BCUT2D eigenvalue weighted by Crippen LogP contribution is 2.18. The van der Waals surface area contributed by atoms with Crippen LogP contribution in [0.5, 0.6) is 0 Å². The molecule has 2 heterocycles. The Bertz CT molecular complexity index is 492. The molecule has 0 saturated carbocycles. The van der Waals surface area contributed by atoms with E-state index in [4.69, 9.17) is 0 Å². The molecule has 0 bridgehead atoms. The average molecular weight is 272 g/mol. The van der Waals surface area contributed by atoms with Crippen LogP contribution < -0.4 is 5.32 Å². The highest BCUT2D eigenvalue weighted by Gasteiger charge is 2.12. The van der Waals surface area contributed by atoms with Crippen LogP contribution in [-0.2, 0) is 13.0 Å². The molecule has 0 radical (unpaired) electrons. The zero-order valence-corrected chi connectivity index (χ0v) is 12.4. The van der Waals surface area contributed by atoms with Gasteiger partial charge in [-0.25, -0.2) is 0 Å². The maximum Gasteiger partial charge on any atom is 0.0537 e. The number of aryl methyl sites for hydroxylation is 2. The van der Waals surface area contributed by atoms with Crippen LogP contribution in [0.1, 0.15) is 43.9 Å². The molecule has 0 amide bonds. The van der Waals surface area contributed by atoms with Crippen molar-refractivity contribution in [1.82, 2.24) is 20.1 Å². The quantitative estimate of drug-likeness (QED) is 0.803. The molecule has 2 aromatic heterocycles. The van der Waals surface area contributed by atoms with Gasteiger partial charge in [0.15, 0.2) is 0 Å². The maximum absolute atomic E-state index is 4.38. The number of aromatic nitrogens is 3. The Hall–Kier alpha value is -1.68. The molecule has 0 fully saturated rings. The highest BCUT2D eigenvalue weighted by atomic mass is 15.3. The van der Waals surface area contributed by atoms with Crippen LogP contribution in [0.3, 0.4) is 0 Å². The van der Waals surface area contributed by atoms with Crippen LogP contribution in [0.25, 0.3) is 0 Å². The number of hydrogen-bond donors (Lipinski definition) is 1. The maximum atomic E-state index is 4.38. The second kappa shape index (κ2) is 7.80. The zero-order chi connectivity index (χ0) is 14.2. The predicted molar refractivity (Wildman–Crippen MR) is 81.5 cm³/mol. The largest absolute Gasteiger partial charge is 0.310 e. The van der Waals surface area contributed by atoms with Gasteiger partial charge in [0.2, 0.25) is 0 Å². The first kappa shape index (κ1) is 14.7. The third-order valence-electron chi connectivity index (χ3n) is 3.46. The number of rotatable bonds is 8. The molecule has 0 aliphatic carbocycles. The van der Waals surface area contributed by atoms with Crippen LogP contribution in [0.4, 0.5) is 0 Å². The average Bonchev–Trinajstić information content (AvgIpc) is 2.97. The Labute approximate surface area is 121 Å². The van der Waals surface area contributed by atoms with Gasteiger partial charge in [-0.3, -0.25) is 9.67 Å². The lowest BCUT2D eigenvalue weighted by Gasteiger charge is -2.17. The lowest BCUT2D eigenvalue weighted by Crippen LogP contribution is -2.22. The number of nitrogens with zero attached hydrogens (tertiary/aromatic N) is 3. The van der Waals surface area contributed by atoms with E-state index in [1.807, 2.05) is 29.3 Å². The summed E-state index contributed by atoms with van der Waals surface area (Å²) in [4.78, 5) is 4.18. The van der Waals surface area contributed by atoms with Gasteiger partial charge in [0.25, 0.3) is 0 Å². The Morgan fingerprint density at radius 3 is 2.85 bits per heavy atom. The lowest BCUT2D eigenvalue weighted by molar-refractivity contribution is 0.498. The molecule has 0 spiro atoms. The van der Waals surface area contributed by atoms with Gasteiger partial charge in [0, 0.05) is 36.7 Å². The molecule has 4 nitrogen and oxygen atoms in total. The molecule has 0 saturated heterocycles. The number of pyridine rings is 1. The van der Waals surface area contributed by atoms with Crippen molar-refractivity contribution in [2.75, 3.05) is 6.54 Å². The van der Waals surface area contributed by atoms with E-state index in [0.717, 1.165) is 32.4 Å². The lowest BCUT2D eigenvalue weighted by atomic mass is 10.0. The van der Waals surface area contributed by atoms with Gasteiger partial charge in [-0.15, -0.1) is 0 Å². The van der Waals surface area contributed by atoms with Crippen molar-refractivity contribution < 1.29 is 0 Å². The smallest absolute Gasteiger partial charge is 0.0537 e. The second-order valence-corrected chi connectivity index (χ2v) is 5.04. The summed E-state index contributed by atoms with van der Waals surface area (Å²) in [6, 6.07) is 4.51. The summed E-state index contributed by atoms with van der Waals surface area (Å²) >= 11 is 0. The molecule has 4 heteroatoms. The topological polar surface area (TPSA) is 42.7 Å². The first-order valence-electron chi connectivity index (χ1n) is 7.48. The van der Waals surface area contributed by atoms with Crippen molar-refractivity contribution in [3.05, 3.63) is 48.0 Å². The minimum absolute atomic E-state index is 0.371. The second-order valence-electron chi connectivity index (χ2n) is 5.04. The van der Waals surface area contributed by atoms with Crippen LogP contribution >= 0.6 is 0 Å². The predicted octanol–water partition coefficient (Wildman–Crippen LogP) is 2.97. The van der Waals surface area contributed by atoms with E-state index in [9.17, 15) is 0 Å². The summed E-state index contributed by atoms with van der Waals surface area (Å²) < 4.78 is 1.99. The Balaban J connectivity index is 1.99. The van der Waals surface area contributed by atoms with Crippen molar-refractivity contribution in [3.63, 3.8) is 0 Å². The van der Waals surface area contributed by atoms with E-state index in [2.05, 4.69) is 41.5 Å².